The Balaban J connectivity index is 2.81. The number of amides is 1. The van der Waals surface area contributed by atoms with Crippen molar-refractivity contribution < 1.29 is 9.53 Å². The highest BCUT2D eigenvalue weighted by Gasteiger charge is 2.24. The Morgan fingerprint density at radius 1 is 1.35 bits per heavy atom. The summed E-state index contributed by atoms with van der Waals surface area (Å²) in [7, 11) is 1.65. The Labute approximate surface area is 138 Å². The molecule has 0 saturated heterocycles. The van der Waals surface area contributed by atoms with Crippen LogP contribution in [0.5, 0.6) is 5.75 Å². The second-order valence-corrected chi connectivity index (χ2v) is 6.11. The predicted molar refractivity (Wildman–Crippen MR) is 93.5 cm³/mol. The summed E-state index contributed by atoms with van der Waals surface area (Å²) in [5, 5.41) is 6.32. The molecule has 1 amide bonds. The molecule has 1 rings (SSSR count). The zero-order valence-corrected chi connectivity index (χ0v) is 14.7. The van der Waals surface area contributed by atoms with Gasteiger partial charge in [0.2, 0.25) is 5.91 Å². The maximum absolute atomic E-state index is 11.4. The van der Waals surface area contributed by atoms with Crippen molar-refractivity contribution in [1.82, 2.24) is 10.6 Å². The van der Waals surface area contributed by atoms with E-state index in [1.165, 1.54) is 0 Å². The van der Waals surface area contributed by atoms with Crippen LogP contribution < -0.4 is 21.1 Å². The van der Waals surface area contributed by atoms with Gasteiger partial charge in [0.1, 0.15) is 5.75 Å². The summed E-state index contributed by atoms with van der Waals surface area (Å²) in [6.07, 6.45) is 0. The standard InChI is InChI=1S/C17H28N4O2/c1-6-19-16(21-11-17(3,4)15(18)22)20-10-13-8-7-12(2)9-14(13)23-5/h7-9H,6,10-11H2,1-5H3,(H2,18,22)(H2,19,20,21). The third kappa shape index (κ3) is 5.81. The number of ether oxygens (including phenoxy) is 1. The van der Waals surface area contributed by atoms with Gasteiger partial charge in [-0.05, 0) is 39.3 Å². The molecule has 6 nitrogen and oxygen atoms in total. The molecule has 23 heavy (non-hydrogen) atoms. The lowest BCUT2D eigenvalue weighted by Crippen LogP contribution is -2.46. The summed E-state index contributed by atoms with van der Waals surface area (Å²) in [6, 6.07) is 6.03. The highest BCUT2D eigenvalue weighted by molar-refractivity contribution is 5.83. The largest absolute Gasteiger partial charge is 0.496 e. The number of nitrogens with one attached hydrogen (secondary N) is 2. The quantitative estimate of drug-likeness (QED) is 0.525. The fraction of sp³-hybridized carbons (Fsp3) is 0.529. The van der Waals surface area contributed by atoms with Crippen molar-refractivity contribution in [3.8, 4) is 5.75 Å². The maximum Gasteiger partial charge on any atom is 0.224 e. The van der Waals surface area contributed by atoms with E-state index < -0.39 is 5.41 Å². The number of carbonyl (C=O) groups excluding carboxylic acids is 1. The molecule has 0 bridgehead atoms. The molecule has 128 valence electrons. The number of guanidine groups is 1. The van der Waals surface area contributed by atoms with Crippen molar-refractivity contribution >= 4 is 11.9 Å². The topological polar surface area (TPSA) is 88.7 Å². The summed E-state index contributed by atoms with van der Waals surface area (Å²) >= 11 is 0. The molecule has 0 heterocycles. The average molecular weight is 320 g/mol. The first-order valence-electron chi connectivity index (χ1n) is 7.75. The van der Waals surface area contributed by atoms with Crippen LogP contribution in [-0.2, 0) is 11.3 Å². The molecule has 0 radical (unpaired) electrons. The maximum atomic E-state index is 11.4. The molecule has 0 aliphatic heterocycles. The number of hydrogen-bond acceptors (Lipinski definition) is 3. The van der Waals surface area contributed by atoms with Crippen LogP contribution in [-0.4, -0.2) is 32.1 Å². The summed E-state index contributed by atoms with van der Waals surface area (Å²) in [4.78, 5) is 15.9. The molecule has 6 heteroatoms. The Kier molecular flexibility index (Phi) is 6.88. The molecule has 0 fully saturated rings. The molecule has 4 N–H and O–H groups in total. The smallest absolute Gasteiger partial charge is 0.224 e. The fourth-order valence-electron chi connectivity index (χ4n) is 1.88. The number of benzene rings is 1. The van der Waals surface area contributed by atoms with Crippen LogP contribution in [0.3, 0.4) is 0 Å². The minimum absolute atomic E-state index is 0.346. The third-order valence-electron chi connectivity index (χ3n) is 3.56. The number of primary amides is 1. The fourth-order valence-corrected chi connectivity index (χ4v) is 1.88. The average Bonchev–Trinajstić information content (AvgIpc) is 2.50. The third-order valence-corrected chi connectivity index (χ3v) is 3.56. The first kappa shape index (κ1) is 18.8. The van der Waals surface area contributed by atoms with E-state index in [9.17, 15) is 4.79 Å². The van der Waals surface area contributed by atoms with E-state index >= 15 is 0 Å². The van der Waals surface area contributed by atoms with E-state index in [2.05, 4.69) is 15.6 Å². The molecule has 0 aromatic heterocycles. The molecule has 0 unspecified atom stereocenters. The van der Waals surface area contributed by atoms with Crippen LogP contribution in [0.15, 0.2) is 23.2 Å². The van der Waals surface area contributed by atoms with Gasteiger partial charge in [-0.1, -0.05) is 12.1 Å². The second-order valence-electron chi connectivity index (χ2n) is 6.11. The van der Waals surface area contributed by atoms with Gasteiger partial charge >= 0.3 is 0 Å². The van der Waals surface area contributed by atoms with Crippen molar-refractivity contribution in [2.24, 2.45) is 16.1 Å². The SMILES string of the molecule is CCNC(=NCc1ccc(C)cc1OC)NCC(C)(C)C(N)=O. The van der Waals surface area contributed by atoms with E-state index in [4.69, 9.17) is 10.5 Å². The first-order valence-corrected chi connectivity index (χ1v) is 7.75. The van der Waals surface area contributed by atoms with Gasteiger partial charge in [0.25, 0.3) is 0 Å². The van der Waals surface area contributed by atoms with Crippen molar-refractivity contribution in [2.45, 2.75) is 34.2 Å². The summed E-state index contributed by atoms with van der Waals surface area (Å²) in [5.41, 5.74) is 6.90. The molecular formula is C17H28N4O2. The molecule has 0 spiro atoms. The molecule has 1 aromatic carbocycles. The van der Waals surface area contributed by atoms with Gasteiger partial charge in [0.05, 0.1) is 19.1 Å². The molecule has 1 aromatic rings. The Hall–Kier alpha value is -2.24. The Bertz CT molecular complexity index is 568. The van der Waals surface area contributed by atoms with Crippen molar-refractivity contribution in [2.75, 3.05) is 20.2 Å². The minimum Gasteiger partial charge on any atom is -0.496 e. The number of hydrogen-bond donors (Lipinski definition) is 3. The molecule has 0 aliphatic rings. The van der Waals surface area contributed by atoms with Gasteiger partial charge in [0.15, 0.2) is 5.96 Å². The van der Waals surface area contributed by atoms with Crippen molar-refractivity contribution in [1.29, 1.82) is 0 Å². The number of aliphatic imine (C=N–C) groups is 1. The zero-order valence-electron chi connectivity index (χ0n) is 14.7. The van der Waals surface area contributed by atoms with Gasteiger partial charge in [-0.3, -0.25) is 4.79 Å². The van der Waals surface area contributed by atoms with Gasteiger partial charge in [-0.15, -0.1) is 0 Å². The van der Waals surface area contributed by atoms with Crippen LogP contribution in [0.1, 0.15) is 31.9 Å². The summed E-state index contributed by atoms with van der Waals surface area (Å²) < 4.78 is 5.39. The van der Waals surface area contributed by atoms with E-state index in [1.807, 2.05) is 32.0 Å². The van der Waals surface area contributed by atoms with Crippen molar-refractivity contribution in [3.63, 3.8) is 0 Å². The van der Waals surface area contributed by atoms with E-state index in [1.54, 1.807) is 21.0 Å². The second kappa shape index (κ2) is 8.41. The van der Waals surface area contributed by atoms with Gasteiger partial charge < -0.3 is 21.1 Å². The summed E-state index contributed by atoms with van der Waals surface area (Å²) in [5.74, 6) is 1.12. The van der Waals surface area contributed by atoms with Gasteiger partial charge in [-0.25, -0.2) is 4.99 Å². The lowest BCUT2D eigenvalue weighted by atomic mass is 9.93. The van der Waals surface area contributed by atoms with Crippen LogP contribution in [0.2, 0.25) is 0 Å². The number of methoxy groups -OCH3 is 1. The highest BCUT2D eigenvalue weighted by atomic mass is 16.5. The minimum atomic E-state index is -0.641. The molecule has 0 aliphatic carbocycles. The zero-order chi connectivity index (χ0) is 17.5. The van der Waals surface area contributed by atoms with Gasteiger partial charge in [-0.2, -0.15) is 0 Å². The van der Waals surface area contributed by atoms with Crippen molar-refractivity contribution in [3.05, 3.63) is 29.3 Å². The number of nitrogens with zero attached hydrogens (tertiary/aromatic N) is 1. The van der Waals surface area contributed by atoms with E-state index in [0.717, 1.165) is 23.4 Å². The molecular weight excluding hydrogens is 292 g/mol. The van der Waals surface area contributed by atoms with E-state index in [0.29, 0.717) is 19.0 Å². The van der Waals surface area contributed by atoms with Crippen LogP contribution in [0.4, 0.5) is 0 Å². The Morgan fingerprint density at radius 3 is 2.61 bits per heavy atom. The lowest BCUT2D eigenvalue weighted by molar-refractivity contribution is -0.125. The molecule has 0 saturated carbocycles. The van der Waals surface area contributed by atoms with Crippen LogP contribution >= 0.6 is 0 Å². The first-order chi connectivity index (χ1) is 10.8. The predicted octanol–water partition coefficient (Wildman–Crippen LogP) is 1.57. The number of nitrogens with two attached hydrogens (primary N) is 1. The lowest BCUT2D eigenvalue weighted by Gasteiger charge is -2.22. The number of aryl methyl sites for hydroxylation is 1. The molecule has 0 atom stereocenters. The van der Waals surface area contributed by atoms with Gasteiger partial charge in [0, 0.05) is 18.7 Å². The monoisotopic (exact) mass is 320 g/mol. The Morgan fingerprint density at radius 2 is 2.04 bits per heavy atom. The van der Waals surface area contributed by atoms with E-state index in [-0.39, 0.29) is 5.91 Å². The summed E-state index contributed by atoms with van der Waals surface area (Å²) in [6.45, 7) is 9.24. The number of rotatable bonds is 7. The van der Waals surface area contributed by atoms with Crippen LogP contribution in [0, 0.1) is 12.3 Å². The normalized spacial score (nSPS) is 12.0. The van der Waals surface area contributed by atoms with Crippen LogP contribution in [0.25, 0.3) is 0 Å². The number of carbonyl (C=O) groups is 1. The highest BCUT2D eigenvalue weighted by Crippen LogP contribution is 2.20.